The molecule has 0 bridgehead atoms. The van der Waals surface area contributed by atoms with Gasteiger partial charge in [0.25, 0.3) is 0 Å². The topological polar surface area (TPSA) is 63.4 Å². The third-order valence-corrected chi connectivity index (χ3v) is 6.67. The molecule has 2 N–H and O–H groups in total. The van der Waals surface area contributed by atoms with Crippen LogP contribution < -0.4 is 5.73 Å². The van der Waals surface area contributed by atoms with E-state index in [1.165, 1.54) is 12.8 Å². The molecule has 0 spiro atoms. The highest BCUT2D eigenvalue weighted by molar-refractivity contribution is 7.89. The van der Waals surface area contributed by atoms with Crippen LogP contribution in [0.15, 0.2) is 17.0 Å². The fourth-order valence-corrected chi connectivity index (χ4v) is 4.84. The van der Waals surface area contributed by atoms with E-state index in [-0.39, 0.29) is 6.04 Å². The summed E-state index contributed by atoms with van der Waals surface area (Å²) < 4.78 is 27.4. The highest BCUT2D eigenvalue weighted by Gasteiger charge is 2.30. The second kappa shape index (κ2) is 6.36. The third-order valence-electron chi connectivity index (χ3n) is 4.64. The van der Waals surface area contributed by atoms with Crippen LogP contribution in [0.1, 0.15) is 49.7 Å². The Morgan fingerprint density at radius 2 is 1.67 bits per heavy atom. The molecule has 1 aliphatic carbocycles. The smallest absolute Gasteiger partial charge is 0.243 e. The zero-order chi connectivity index (χ0) is 15.6. The van der Waals surface area contributed by atoms with Crippen LogP contribution in [0.2, 0.25) is 0 Å². The van der Waals surface area contributed by atoms with Gasteiger partial charge < -0.3 is 5.73 Å². The molecule has 0 aromatic heterocycles. The van der Waals surface area contributed by atoms with Gasteiger partial charge >= 0.3 is 0 Å². The first-order valence-corrected chi connectivity index (χ1v) is 9.13. The molecule has 0 radical (unpaired) electrons. The monoisotopic (exact) mass is 310 g/mol. The van der Waals surface area contributed by atoms with Crippen molar-refractivity contribution in [3.05, 3.63) is 23.3 Å². The maximum absolute atomic E-state index is 12.9. The Bertz CT molecular complexity index is 603. The molecule has 0 amide bonds. The van der Waals surface area contributed by atoms with Gasteiger partial charge in [-0.1, -0.05) is 25.7 Å². The molecular formula is C16H26N2O2S. The number of nitrogens with zero attached hydrogens (tertiary/aromatic N) is 1. The third kappa shape index (κ3) is 3.40. The highest BCUT2D eigenvalue weighted by atomic mass is 32.2. The summed E-state index contributed by atoms with van der Waals surface area (Å²) in [6.45, 7) is 3.75. The molecule has 5 heteroatoms. The number of sulfonamides is 1. The Morgan fingerprint density at radius 3 is 2.24 bits per heavy atom. The lowest BCUT2D eigenvalue weighted by atomic mass is 10.1. The largest absolute Gasteiger partial charge is 0.399 e. The van der Waals surface area contributed by atoms with Gasteiger partial charge in [0.05, 0.1) is 4.90 Å². The zero-order valence-corrected chi connectivity index (χ0v) is 14.0. The van der Waals surface area contributed by atoms with Crippen molar-refractivity contribution in [2.75, 3.05) is 12.8 Å². The van der Waals surface area contributed by atoms with Crippen molar-refractivity contribution in [3.8, 4) is 0 Å². The van der Waals surface area contributed by atoms with E-state index in [1.54, 1.807) is 17.4 Å². The van der Waals surface area contributed by atoms with E-state index >= 15 is 0 Å². The summed E-state index contributed by atoms with van der Waals surface area (Å²) in [5.74, 6) is 0. The normalized spacial score (nSPS) is 17.9. The summed E-state index contributed by atoms with van der Waals surface area (Å²) in [6, 6.07) is 3.52. The fraction of sp³-hybridized carbons (Fsp3) is 0.625. The van der Waals surface area contributed by atoms with Crippen LogP contribution in [0, 0.1) is 13.8 Å². The maximum Gasteiger partial charge on any atom is 0.243 e. The number of nitrogen functional groups attached to an aromatic ring is 1. The minimum Gasteiger partial charge on any atom is -0.399 e. The number of hydrogen-bond donors (Lipinski definition) is 1. The van der Waals surface area contributed by atoms with Crippen molar-refractivity contribution >= 4 is 15.7 Å². The molecule has 21 heavy (non-hydrogen) atoms. The molecule has 1 aliphatic rings. The van der Waals surface area contributed by atoms with Crippen LogP contribution in [0.25, 0.3) is 0 Å². The Morgan fingerprint density at radius 1 is 1.10 bits per heavy atom. The van der Waals surface area contributed by atoms with E-state index in [2.05, 4.69) is 0 Å². The average Bonchev–Trinajstić information content (AvgIpc) is 2.70. The van der Waals surface area contributed by atoms with E-state index in [4.69, 9.17) is 5.73 Å². The molecule has 0 unspecified atom stereocenters. The molecule has 1 aromatic carbocycles. The molecule has 0 atom stereocenters. The first-order chi connectivity index (χ1) is 9.84. The summed E-state index contributed by atoms with van der Waals surface area (Å²) in [5.41, 5.74) is 8.07. The van der Waals surface area contributed by atoms with Crippen LogP contribution in [0.5, 0.6) is 0 Å². The van der Waals surface area contributed by atoms with Crippen molar-refractivity contribution in [2.24, 2.45) is 0 Å². The van der Waals surface area contributed by atoms with Crippen LogP contribution in [0.4, 0.5) is 5.69 Å². The predicted molar refractivity (Wildman–Crippen MR) is 86.8 cm³/mol. The molecule has 2 rings (SSSR count). The molecule has 4 nitrogen and oxygen atoms in total. The lowest BCUT2D eigenvalue weighted by molar-refractivity contribution is 0.335. The molecule has 0 aliphatic heterocycles. The second-order valence-electron chi connectivity index (χ2n) is 6.13. The van der Waals surface area contributed by atoms with Crippen LogP contribution in [-0.2, 0) is 10.0 Å². The first-order valence-electron chi connectivity index (χ1n) is 7.69. The maximum atomic E-state index is 12.9. The van der Waals surface area contributed by atoms with Crippen molar-refractivity contribution in [1.29, 1.82) is 0 Å². The quantitative estimate of drug-likeness (QED) is 0.688. The number of rotatable bonds is 3. The van der Waals surface area contributed by atoms with Crippen molar-refractivity contribution in [3.63, 3.8) is 0 Å². The van der Waals surface area contributed by atoms with Gasteiger partial charge in [0.2, 0.25) is 10.0 Å². The summed E-state index contributed by atoms with van der Waals surface area (Å²) in [7, 11) is -1.77. The molecule has 0 saturated heterocycles. The molecule has 1 fully saturated rings. The number of hydrogen-bond acceptors (Lipinski definition) is 3. The van der Waals surface area contributed by atoms with Gasteiger partial charge in [-0.2, -0.15) is 4.31 Å². The van der Waals surface area contributed by atoms with Gasteiger partial charge in [-0.05, 0) is 49.9 Å². The summed E-state index contributed by atoms with van der Waals surface area (Å²) >= 11 is 0. The molecule has 1 saturated carbocycles. The van der Waals surface area contributed by atoms with Crippen LogP contribution in [-0.4, -0.2) is 25.8 Å². The Balaban J connectivity index is 2.37. The summed E-state index contributed by atoms with van der Waals surface area (Å²) in [6.07, 6.45) is 6.55. The van der Waals surface area contributed by atoms with Gasteiger partial charge in [-0.3, -0.25) is 0 Å². The first kappa shape index (κ1) is 16.3. The van der Waals surface area contributed by atoms with E-state index in [1.807, 2.05) is 19.9 Å². The summed E-state index contributed by atoms with van der Waals surface area (Å²) in [5, 5.41) is 0. The van der Waals surface area contributed by atoms with Gasteiger partial charge in [-0.25, -0.2) is 8.42 Å². The van der Waals surface area contributed by atoms with Gasteiger partial charge in [0.15, 0.2) is 0 Å². The molecular weight excluding hydrogens is 284 g/mol. The van der Waals surface area contributed by atoms with Gasteiger partial charge in [0, 0.05) is 18.8 Å². The number of nitrogens with two attached hydrogens (primary N) is 1. The van der Waals surface area contributed by atoms with Crippen molar-refractivity contribution in [2.45, 2.75) is 63.3 Å². The Hall–Kier alpha value is -1.07. The minimum absolute atomic E-state index is 0.110. The Kier molecular flexibility index (Phi) is 4.94. The van der Waals surface area contributed by atoms with E-state index in [9.17, 15) is 8.42 Å². The SMILES string of the molecule is Cc1cc(N)cc(S(=O)(=O)N(C)C2CCCCCC2)c1C. The highest BCUT2D eigenvalue weighted by Crippen LogP contribution is 2.29. The number of benzene rings is 1. The fourth-order valence-electron chi connectivity index (χ4n) is 3.09. The van der Waals surface area contributed by atoms with Gasteiger partial charge in [0.1, 0.15) is 0 Å². The number of aryl methyl sites for hydroxylation is 1. The van der Waals surface area contributed by atoms with Gasteiger partial charge in [-0.15, -0.1) is 0 Å². The van der Waals surface area contributed by atoms with Crippen LogP contribution in [0.3, 0.4) is 0 Å². The zero-order valence-electron chi connectivity index (χ0n) is 13.2. The van der Waals surface area contributed by atoms with Crippen molar-refractivity contribution in [1.82, 2.24) is 4.31 Å². The molecule has 118 valence electrons. The van der Waals surface area contributed by atoms with E-state index < -0.39 is 10.0 Å². The Labute approximate surface area is 128 Å². The van der Waals surface area contributed by atoms with Crippen molar-refractivity contribution < 1.29 is 8.42 Å². The van der Waals surface area contributed by atoms with E-state index in [0.29, 0.717) is 10.6 Å². The lowest BCUT2D eigenvalue weighted by Crippen LogP contribution is -2.37. The van der Waals surface area contributed by atoms with E-state index in [0.717, 1.165) is 36.8 Å². The van der Waals surface area contributed by atoms with Crippen LogP contribution >= 0.6 is 0 Å². The average molecular weight is 310 g/mol. The lowest BCUT2D eigenvalue weighted by Gasteiger charge is -2.27. The predicted octanol–water partition coefficient (Wildman–Crippen LogP) is 3.23. The molecule has 0 heterocycles. The standard InChI is InChI=1S/C16H26N2O2S/c1-12-10-14(17)11-16(13(12)2)21(19,20)18(3)15-8-6-4-5-7-9-15/h10-11,15H,4-9,17H2,1-3H3. The molecule has 1 aromatic rings. The number of anilines is 1. The minimum atomic E-state index is -3.48. The summed E-state index contributed by atoms with van der Waals surface area (Å²) in [4.78, 5) is 0.353. The second-order valence-corrected chi connectivity index (χ2v) is 8.09.